The Morgan fingerprint density at radius 2 is 2.20 bits per heavy atom. The van der Waals surface area contributed by atoms with E-state index in [1.54, 1.807) is 18.3 Å². The fraction of sp³-hybridized carbons (Fsp3) is 0.273. The predicted molar refractivity (Wildman–Crippen MR) is 66.3 cm³/mol. The van der Waals surface area contributed by atoms with E-state index in [0.717, 1.165) is 10.5 Å². The molecule has 0 fully saturated rings. The molecule has 0 N–H and O–H groups in total. The molecule has 0 saturated carbocycles. The molecular weight excluding hydrogens is 226 g/mol. The van der Waals surface area contributed by atoms with E-state index in [0.29, 0.717) is 0 Å². The fourth-order valence-electron chi connectivity index (χ4n) is 1.36. The van der Waals surface area contributed by atoms with E-state index < -0.39 is 0 Å². The number of rotatable bonds is 2. The van der Waals surface area contributed by atoms with Crippen molar-refractivity contribution < 1.29 is 4.79 Å². The minimum atomic E-state index is 0.141. The maximum absolute atomic E-state index is 11.0. The second-order valence-corrected chi connectivity index (χ2v) is 5.85. The number of para-hydroxylation sites is 1. The van der Waals surface area contributed by atoms with Gasteiger partial charge >= 0.3 is 0 Å². The second kappa shape index (κ2) is 4.33. The Balaban J connectivity index is 2.32. The van der Waals surface area contributed by atoms with Crippen molar-refractivity contribution in [3.8, 4) is 0 Å². The molecule has 15 heavy (non-hydrogen) atoms. The van der Waals surface area contributed by atoms with Crippen molar-refractivity contribution in [3.05, 3.63) is 29.3 Å². The molecule has 0 amide bonds. The number of benzene rings is 1. The van der Waals surface area contributed by atoms with Crippen LogP contribution < -0.4 is 0 Å². The molecule has 0 aliphatic carbocycles. The number of hydrogen-bond donors (Lipinski definition) is 0. The number of carbonyl (C=O) groups is 1. The van der Waals surface area contributed by atoms with Crippen molar-refractivity contribution in [3.63, 3.8) is 0 Å². The smallest absolute Gasteiger partial charge is 0.186 e. The van der Waals surface area contributed by atoms with Crippen molar-refractivity contribution in [2.24, 2.45) is 0 Å². The van der Waals surface area contributed by atoms with Crippen LogP contribution in [-0.4, -0.2) is 10.1 Å². The summed E-state index contributed by atoms with van der Waals surface area (Å²) in [4.78, 5) is 15.5. The van der Waals surface area contributed by atoms with Gasteiger partial charge in [-0.05, 0) is 19.1 Å². The summed E-state index contributed by atoms with van der Waals surface area (Å²) in [6, 6.07) is 8.05. The molecule has 4 heteroatoms. The first kappa shape index (κ1) is 10.6. The summed E-state index contributed by atoms with van der Waals surface area (Å²) in [5.74, 6) is 0. The molecule has 0 aliphatic heterocycles. The van der Waals surface area contributed by atoms with Crippen molar-refractivity contribution in [1.29, 1.82) is 0 Å². The number of aromatic nitrogens is 1. The molecule has 2 rings (SSSR count). The van der Waals surface area contributed by atoms with Crippen LogP contribution in [0.25, 0.3) is 10.2 Å². The van der Waals surface area contributed by atoms with Gasteiger partial charge in [-0.15, -0.1) is 11.3 Å². The Morgan fingerprint density at radius 1 is 1.47 bits per heavy atom. The maximum Gasteiger partial charge on any atom is 0.186 e. The lowest BCUT2D eigenvalue weighted by Gasteiger charge is -2.02. The van der Waals surface area contributed by atoms with Crippen LogP contribution >= 0.6 is 23.1 Å². The van der Waals surface area contributed by atoms with E-state index in [1.807, 2.05) is 25.1 Å². The van der Waals surface area contributed by atoms with Crippen molar-refractivity contribution in [2.45, 2.75) is 19.1 Å². The molecule has 0 bridgehead atoms. The lowest BCUT2D eigenvalue weighted by Crippen LogP contribution is -1.90. The van der Waals surface area contributed by atoms with Crippen LogP contribution in [0.3, 0.4) is 0 Å². The second-order valence-electron chi connectivity index (χ2n) is 3.27. The summed E-state index contributed by atoms with van der Waals surface area (Å²) < 4.78 is 1.18. The number of nitrogens with zero attached hydrogens (tertiary/aromatic N) is 1. The zero-order valence-corrected chi connectivity index (χ0v) is 10.2. The van der Waals surface area contributed by atoms with E-state index in [4.69, 9.17) is 0 Å². The van der Waals surface area contributed by atoms with Gasteiger partial charge in [-0.1, -0.05) is 23.9 Å². The van der Waals surface area contributed by atoms with Crippen LogP contribution in [0.2, 0.25) is 0 Å². The van der Waals surface area contributed by atoms with Crippen LogP contribution in [0.5, 0.6) is 0 Å². The average Bonchev–Trinajstić information content (AvgIpc) is 2.59. The molecule has 1 atom stereocenters. The molecule has 0 radical (unpaired) electrons. The Bertz CT molecular complexity index is 459. The molecular formula is C11H11NOS2. The zero-order chi connectivity index (χ0) is 10.8. The van der Waals surface area contributed by atoms with Crippen LogP contribution in [0.1, 0.15) is 24.1 Å². The summed E-state index contributed by atoms with van der Waals surface area (Å²) in [5.41, 5.74) is 1.02. The Hall–Kier alpha value is -0.870. The lowest BCUT2D eigenvalue weighted by atomic mass is 10.3. The summed E-state index contributed by atoms with van der Waals surface area (Å²) in [6.07, 6.45) is 0. The third-order valence-corrected chi connectivity index (χ3v) is 4.28. The van der Waals surface area contributed by atoms with Crippen LogP contribution in [0.15, 0.2) is 24.3 Å². The molecule has 78 valence electrons. The van der Waals surface area contributed by atoms with Gasteiger partial charge in [0.25, 0.3) is 0 Å². The Labute approximate surface area is 96.7 Å². The van der Waals surface area contributed by atoms with Crippen molar-refractivity contribution in [2.75, 3.05) is 0 Å². The molecule has 0 aliphatic rings. The van der Waals surface area contributed by atoms with E-state index in [9.17, 15) is 4.79 Å². The molecule has 2 aromatic rings. The highest BCUT2D eigenvalue weighted by molar-refractivity contribution is 8.13. The van der Waals surface area contributed by atoms with Crippen LogP contribution in [-0.2, 0) is 4.79 Å². The van der Waals surface area contributed by atoms with Crippen molar-refractivity contribution in [1.82, 2.24) is 4.98 Å². The molecule has 1 heterocycles. The number of carbonyl (C=O) groups excluding carboxylic acids is 1. The van der Waals surface area contributed by atoms with E-state index in [2.05, 4.69) is 11.1 Å². The summed E-state index contributed by atoms with van der Waals surface area (Å²) in [5, 5.41) is 1.32. The largest absolute Gasteiger partial charge is 0.288 e. The van der Waals surface area contributed by atoms with Gasteiger partial charge in [-0.3, -0.25) is 4.79 Å². The summed E-state index contributed by atoms with van der Waals surface area (Å²) in [6.45, 7) is 3.61. The van der Waals surface area contributed by atoms with Crippen molar-refractivity contribution >= 4 is 38.4 Å². The first-order chi connectivity index (χ1) is 7.16. The molecule has 0 spiro atoms. The van der Waals surface area contributed by atoms with Gasteiger partial charge in [0.2, 0.25) is 0 Å². The van der Waals surface area contributed by atoms with Gasteiger partial charge in [0, 0.05) is 6.92 Å². The number of thiazole rings is 1. The van der Waals surface area contributed by atoms with E-state index in [1.165, 1.54) is 16.5 Å². The fourth-order valence-corrected chi connectivity index (χ4v) is 3.20. The molecule has 0 saturated heterocycles. The highest BCUT2D eigenvalue weighted by atomic mass is 32.2. The Kier molecular flexibility index (Phi) is 3.07. The zero-order valence-electron chi connectivity index (χ0n) is 8.56. The maximum atomic E-state index is 11.0. The third-order valence-electron chi connectivity index (χ3n) is 2.00. The number of thioether (sulfide) groups is 1. The topological polar surface area (TPSA) is 30.0 Å². The van der Waals surface area contributed by atoms with Gasteiger partial charge in [-0.25, -0.2) is 4.98 Å². The minimum absolute atomic E-state index is 0.141. The standard InChI is InChI=1S/C11H11NOS2/c1-7(14-8(2)13)11-12-9-5-3-4-6-10(9)15-11/h3-7H,1-2H3. The third kappa shape index (κ3) is 2.38. The molecule has 1 aromatic carbocycles. The quantitative estimate of drug-likeness (QED) is 0.798. The minimum Gasteiger partial charge on any atom is -0.288 e. The predicted octanol–water partition coefficient (Wildman–Crippen LogP) is 3.64. The van der Waals surface area contributed by atoms with Gasteiger partial charge in [0.05, 0.1) is 15.5 Å². The Morgan fingerprint density at radius 3 is 2.87 bits per heavy atom. The van der Waals surface area contributed by atoms with Crippen LogP contribution in [0, 0.1) is 0 Å². The lowest BCUT2D eigenvalue weighted by molar-refractivity contribution is -0.109. The van der Waals surface area contributed by atoms with E-state index >= 15 is 0 Å². The first-order valence-electron chi connectivity index (χ1n) is 4.69. The monoisotopic (exact) mass is 237 g/mol. The van der Waals surface area contributed by atoms with Gasteiger partial charge in [0.15, 0.2) is 5.12 Å². The highest BCUT2D eigenvalue weighted by Crippen LogP contribution is 2.34. The van der Waals surface area contributed by atoms with Gasteiger partial charge < -0.3 is 0 Å². The van der Waals surface area contributed by atoms with Gasteiger partial charge in [0.1, 0.15) is 5.01 Å². The summed E-state index contributed by atoms with van der Waals surface area (Å²) in [7, 11) is 0. The molecule has 1 aromatic heterocycles. The average molecular weight is 237 g/mol. The van der Waals surface area contributed by atoms with E-state index in [-0.39, 0.29) is 10.4 Å². The SMILES string of the molecule is CC(=O)SC(C)c1nc2ccccc2s1. The summed E-state index contributed by atoms with van der Waals surface area (Å²) >= 11 is 2.99. The molecule has 1 unspecified atom stereocenters. The molecule has 2 nitrogen and oxygen atoms in total. The number of fused-ring (bicyclic) bond motifs is 1. The van der Waals surface area contributed by atoms with Crippen LogP contribution in [0.4, 0.5) is 0 Å². The first-order valence-corrected chi connectivity index (χ1v) is 6.39. The highest BCUT2D eigenvalue weighted by Gasteiger charge is 2.13. The van der Waals surface area contributed by atoms with Gasteiger partial charge in [-0.2, -0.15) is 0 Å². The normalized spacial score (nSPS) is 12.9. The number of hydrogen-bond acceptors (Lipinski definition) is 4.